The molecule has 0 bridgehead atoms. The van der Waals surface area contributed by atoms with Crippen molar-refractivity contribution >= 4 is 0 Å². The van der Waals surface area contributed by atoms with E-state index in [1.54, 1.807) is 0 Å². The zero-order valence-electron chi connectivity index (χ0n) is 9.12. The van der Waals surface area contributed by atoms with Gasteiger partial charge in [-0.05, 0) is 32.2 Å². The quantitative estimate of drug-likeness (QED) is 0.686. The Hall–Kier alpha value is -0.0800. The first-order valence-corrected chi connectivity index (χ1v) is 6.28. The molecular weight excluding hydrogens is 174 g/mol. The van der Waals surface area contributed by atoms with Crippen LogP contribution in [0.5, 0.6) is 0 Å². The van der Waals surface area contributed by atoms with Gasteiger partial charge in [-0.15, -0.1) is 0 Å². The average Bonchev–Trinajstić information content (AvgIpc) is 2.52. The molecule has 1 saturated heterocycles. The van der Waals surface area contributed by atoms with Crippen molar-refractivity contribution in [2.75, 3.05) is 13.2 Å². The summed E-state index contributed by atoms with van der Waals surface area (Å²) < 4.78 is 0. The summed E-state index contributed by atoms with van der Waals surface area (Å²) in [6.07, 6.45) is 10.9. The van der Waals surface area contributed by atoms with Gasteiger partial charge in [0.05, 0.1) is 6.61 Å². The van der Waals surface area contributed by atoms with Crippen LogP contribution in [0.4, 0.5) is 0 Å². The Morgan fingerprint density at radius 1 is 0.929 bits per heavy atom. The molecule has 2 fully saturated rings. The molecule has 1 N–H and O–H groups in total. The second-order valence-corrected chi connectivity index (χ2v) is 4.86. The highest BCUT2D eigenvalue weighted by molar-refractivity contribution is 4.85. The van der Waals surface area contributed by atoms with E-state index in [1.165, 1.54) is 57.9 Å². The van der Waals surface area contributed by atoms with Crippen LogP contribution in [0, 0.1) is 0 Å². The standard InChI is InChI=1S/C12H23NO/c14-10-12-8-5-9-13(12)11-6-3-1-2-4-7-11/h11-12,14H,1-10H2/t12-/m0/s1. The number of nitrogens with zero attached hydrogens (tertiary/aromatic N) is 1. The molecule has 0 aromatic heterocycles. The first kappa shape index (κ1) is 10.4. The smallest absolute Gasteiger partial charge is 0.0586 e. The highest BCUT2D eigenvalue weighted by atomic mass is 16.3. The molecule has 2 rings (SSSR count). The van der Waals surface area contributed by atoms with E-state index in [2.05, 4.69) is 4.90 Å². The maximum Gasteiger partial charge on any atom is 0.0586 e. The molecule has 0 aromatic carbocycles. The molecule has 0 aromatic rings. The topological polar surface area (TPSA) is 23.5 Å². The highest BCUT2D eigenvalue weighted by Gasteiger charge is 2.29. The van der Waals surface area contributed by atoms with E-state index in [4.69, 9.17) is 0 Å². The predicted molar refractivity (Wildman–Crippen MR) is 58.3 cm³/mol. The number of rotatable bonds is 2. The summed E-state index contributed by atoms with van der Waals surface area (Å²) in [5, 5.41) is 9.30. The van der Waals surface area contributed by atoms with Crippen molar-refractivity contribution in [3.63, 3.8) is 0 Å². The van der Waals surface area contributed by atoms with E-state index < -0.39 is 0 Å². The van der Waals surface area contributed by atoms with Crippen molar-refractivity contribution < 1.29 is 5.11 Å². The van der Waals surface area contributed by atoms with E-state index in [9.17, 15) is 5.11 Å². The van der Waals surface area contributed by atoms with E-state index in [0.29, 0.717) is 12.6 Å². The summed E-state index contributed by atoms with van der Waals surface area (Å²) in [4.78, 5) is 2.59. The molecular formula is C12H23NO. The molecule has 14 heavy (non-hydrogen) atoms. The molecule has 2 nitrogen and oxygen atoms in total. The normalized spacial score (nSPS) is 31.9. The summed E-state index contributed by atoms with van der Waals surface area (Å²) in [6, 6.07) is 1.27. The van der Waals surface area contributed by atoms with Gasteiger partial charge >= 0.3 is 0 Å². The Balaban J connectivity index is 1.91. The number of hydrogen-bond donors (Lipinski definition) is 1. The Bertz CT molecular complexity index is 164. The van der Waals surface area contributed by atoms with Crippen LogP contribution >= 0.6 is 0 Å². The molecule has 0 amide bonds. The molecule has 82 valence electrons. The molecule has 0 unspecified atom stereocenters. The van der Waals surface area contributed by atoms with Crippen molar-refractivity contribution in [2.45, 2.75) is 63.5 Å². The Labute approximate surface area is 87.3 Å². The van der Waals surface area contributed by atoms with Crippen LogP contribution in [0.25, 0.3) is 0 Å². The minimum absolute atomic E-state index is 0.372. The number of likely N-dealkylation sites (tertiary alicyclic amines) is 1. The lowest BCUT2D eigenvalue weighted by Gasteiger charge is -2.31. The number of aliphatic hydroxyl groups excluding tert-OH is 1. The van der Waals surface area contributed by atoms with Crippen molar-refractivity contribution in [2.24, 2.45) is 0 Å². The van der Waals surface area contributed by atoms with Gasteiger partial charge in [-0.1, -0.05) is 25.7 Å². The lowest BCUT2D eigenvalue weighted by Crippen LogP contribution is -2.40. The van der Waals surface area contributed by atoms with Gasteiger partial charge in [0.25, 0.3) is 0 Å². The van der Waals surface area contributed by atoms with Crippen LogP contribution in [-0.4, -0.2) is 35.2 Å². The SMILES string of the molecule is OC[C@@H]1CCCN1C1CCCCCC1. The largest absolute Gasteiger partial charge is 0.395 e. The maximum absolute atomic E-state index is 9.30. The Kier molecular flexibility index (Phi) is 3.82. The second-order valence-electron chi connectivity index (χ2n) is 4.86. The van der Waals surface area contributed by atoms with Crippen LogP contribution in [0.1, 0.15) is 51.4 Å². The van der Waals surface area contributed by atoms with E-state index in [-0.39, 0.29) is 0 Å². The first-order valence-electron chi connectivity index (χ1n) is 6.28. The van der Waals surface area contributed by atoms with Gasteiger partial charge in [0, 0.05) is 12.1 Å². The molecule has 1 aliphatic heterocycles. The molecule has 1 atom stereocenters. The van der Waals surface area contributed by atoms with Gasteiger partial charge in [0.1, 0.15) is 0 Å². The molecule has 0 radical (unpaired) electrons. The molecule has 1 saturated carbocycles. The van der Waals surface area contributed by atoms with E-state index >= 15 is 0 Å². The number of hydrogen-bond acceptors (Lipinski definition) is 2. The van der Waals surface area contributed by atoms with Crippen molar-refractivity contribution in [3.05, 3.63) is 0 Å². The lowest BCUT2D eigenvalue weighted by atomic mass is 10.1. The molecule has 2 heteroatoms. The fourth-order valence-corrected chi connectivity index (χ4v) is 3.12. The monoisotopic (exact) mass is 197 g/mol. The van der Waals surface area contributed by atoms with Gasteiger partial charge in [-0.2, -0.15) is 0 Å². The van der Waals surface area contributed by atoms with Crippen molar-refractivity contribution in [1.82, 2.24) is 4.90 Å². The van der Waals surface area contributed by atoms with Crippen LogP contribution in [0.2, 0.25) is 0 Å². The first-order chi connectivity index (χ1) is 6.92. The Morgan fingerprint density at radius 2 is 1.64 bits per heavy atom. The minimum Gasteiger partial charge on any atom is -0.395 e. The van der Waals surface area contributed by atoms with Crippen LogP contribution < -0.4 is 0 Å². The highest BCUT2D eigenvalue weighted by Crippen LogP contribution is 2.28. The number of aliphatic hydroxyl groups is 1. The molecule has 2 aliphatic rings. The fraction of sp³-hybridized carbons (Fsp3) is 1.00. The molecule has 1 heterocycles. The third kappa shape index (κ3) is 2.29. The van der Waals surface area contributed by atoms with Crippen molar-refractivity contribution in [1.29, 1.82) is 0 Å². The summed E-state index contributed by atoms with van der Waals surface area (Å²) >= 11 is 0. The van der Waals surface area contributed by atoms with E-state index in [1.807, 2.05) is 0 Å². The van der Waals surface area contributed by atoms with Gasteiger partial charge in [-0.3, -0.25) is 4.90 Å². The molecule has 0 spiro atoms. The minimum atomic E-state index is 0.372. The van der Waals surface area contributed by atoms with Gasteiger partial charge in [0.2, 0.25) is 0 Å². The summed E-state index contributed by atoms with van der Waals surface area (Å²) in [6.45, 7) is 1.60. The van der Waals surface area contributed by atoms with Gasteiger partial charge in [-0.25, -0.2) is 0 Å². The maximum atomic E-state index is 9.30. The second kappa shape index (κ2) is 5.13. The van der Waals surface area contributed by atoms with Crippen LogP contribution in [0.3, 0.4) is 0 Å². The summed E-state index contributed by atoms with van der Waals surface area (Å²) in [5.41, 5.74) is 0. The third-order valence-electron chi connectivity index (χ3n) is 3.93. The fourth-order valence-electron chi connectivity index (χ4n) is 3.12. The Morgan fingerprint density at radius 3 is 2.29 bits per heavy atom. The van der Waals surface area contributed by atoms with Gasteiger partial charge < -0.3 is 5.11 Å². The predicted octanol–water partition coefficient (Wildman–Crippen LogP) is 2.17. The van der Waals surface area contributed by atoms with Crippen LogP contribution in [-0.2, 0) is 0 Å². The van der Waals surface area contributed by atoms with Crippen LogP contribution in [0.15, 0.2) is 0 Å². The zero-order chi connectivity index (χ0) is 9.80. The summed E-state index contributed by atoms with van der Waals surface area (Å²) in [5.74, 6) is 0. The van der Waals surface area contributed by atoms with E-state index in [0.717, 1.165) is 6.04 Å². The summed E-state index contributed by atoms with van der Waals surface area (Å²) in [7, 11) is 0. The zero-order valence-corrected chi connectivity index (χ0v) is 9.12. The third-order valence-corrected chi connectivity index (χ3v) is 3.93. The average molecular weight is 197 g/mol. The lowest BCUT2D eigenvalue weighted by molar-refractivity contribution is 0.110. The van der Waals surface area contributed by atoms with Crippen molar-refractivity contribution in [3.8, 4) is 0 Å². The van der Waals surface area contributed by atoms with Gasteiger partial charge in [0.15, 0.2) is 0 Å². The molecule has 1 aliphatic carbocycles.